The van der Waals surface area contributed by atoms with Gasteiger partial charge in [-0.15, -0.1) is 11.3 Å². The molecule has 0 saturated carbocycles. The fourth-order valence-electron chi connectivity index (χ4n) is 12.0. The number of para-hydroxylation sites is 1. The molecule has 0 atom stereocenters. The monoisotopic (exact) mass is 911 g/mol. The highest BCUT2D eigenvalue weighted by molar-refractivity contribution is 7.33. The van der Waals surface area contributed by atoms with Crippen molar-refractivity contribution in [1.29, 1.82) is 0 Å². The number of rotatable bonds is 2. The van der Waals surface area contributed by atoms with E-state index in [4.69, 9.17) is 4.42 Å². The smallest absolute Gasteiger partial charge is 0.264 e. The molecule has 3 aliphatic rings. The minimum atomic E-state index is -0.109. The fourth-order valence-corrected chi connectivity index (χ4v) is 13.3. The quantitative estimate of drug-likeness (QED) is 0.162. The van der Waals surface area contributed by atoms with Crippen LogP contribution in [0.4, 0.5) is 34.1 Å². The second-order valence-electron chi connectivity index (χ2n) is 23.1. The summed E-state index contributed by atoms with van der Waals surface area (Å²) < 4.78 is 11.8. The SMILES string of the molecule is Cc1cc2c3c(c1)N1c4c(cc(C(C)(C)C)cc4-n4c5ccc(C(C)(C)C)cc5c5cc(C(C)(C)C)cc1c54)B3c1sc3ccc(-c4ccccc4)cc3c1N2c1ccc2oc3ccccc3c2c1. The molecule has 11 aromatic rings. The number of fused-ring (bicyclic) bond motifs is 14. The first kappa shape index (κ1) is 41.0. The van der Waals surface area contributed by atoms with E-state index in [9.17, 15) is 0 Å². The second kappa shape index (κ2) is 13.6. The van der Waals surface area contributed by atoms with E-state index in [-0.39, 0.29) is 23.0 Å². The van der Waals surface area contributed by atoms with Gasteiger partial charge in [0, 0.05) is 53.5 Å². The lowest BCUT2D eigenvalue weighted by Gasteiger charge is -2.46. The first-order chi connectivity index (χ1) is 33.0. The standard InChI is InChI=1S/C63H54BN3OS/c1-35-26-49-56-50(27-35)67-51-32-39(62(5,6)7)30-45-43-29-38(61(2,3)4)21-23-48(43)66(57(45)51)52-33-40(63(8,9)10)31-47(59(52)67)64(56)60-58(46-28-37(20-25-55(46)69-60)36-16-12-11-13-17-36)65(49)41-22-24-54-44(34-41)42-18-14-15-19-53(42)68-54/h11-34H,1-10H3. The van der Waals surface area contributed by atoms with Crippen molar-refractivity contribution < 1.29 is 4.42 Å². The van der Waals surface area contributed by atoms with E-state index >= 15 is 0 Å². The van der Waals surface area contributed by atoms with Gasteiger partial charge in [0.25, 0.3) is 6.71 Å². The van der Waals surface area contributed by atoms with E-state index in [1.54, 1.807) is 0 Å². The third-order valence-electron chi connectivity index (χ3n) is 15.5. The van der Waals surface area contributed by atoms with Crippen LogP contribution in [0.1, 0.15) is 84.6 Å². The van der Waals surface area contributed by atoms with Gasteiger partial charge in [0.15, 0.2) is 0 Å². The van der Waals surface area contributed by atoms with Gasteiger partial charge in [-0.3, -0.25) is 0 Å². The summed E-state index contributed by atoms with van der Waals surface area (Å²) in [6.45, 7) is 23.5. The average Bonchev–Trinajstić information content (AvgIpc) is 3.99. The number of nitrogens with zero attached hydrogens (tertiary/aromatic N) is 3. The Morgan fingerprint density at radius 3 is 1.93 bits per heavy atom. The number of anilines is 6. The summed E-state index contributed by atoms with van der Waals surface area (Å²) in [5, 5.41) is 6.18. The molecule has 0 saturated heterocycles. The van der Waals surface area contributed by atoms with Crippen molar-refractivity contribution in [3.05, 3.63) is 168 Å². The van der Waals surface area contributed by atoms with Crippen LogP contribution >= 0.6 is 11.3 Å². The molecule has 69 heavy (non-hydrogen) atoms. The molecule has 0 bridgehead atoms. The van der Waals surface area contributed by atoms with Crippen molar-refractivity contribution >= 4 is 122 Å². The zero-order chi connectivity index (χ0) is 47.2. The Balaban J connectivity index is 1.15. The topological polar surface area (TPSA) is 24.6 Å². The molecule has 0 N–H and O–H groups in total. The zero-order valence-corrected chi connectivity index (χ0v) is 41.9. The molecule has 0 unspecified atom stereocenters. The molecule has 3 aromatic heterocycles. The van der Waals surface area contributed by atoms with E-state index in [1.807, 2.05) is 11.3 Å². The van der Waals surface area contributed by atoms with Crippen LogP contribution in [0.25, 0.3) is 70.6 Å². The Morgan fingerprint density at radius 1 is 0.478 bits per heavy atom. The van der Waals surface area contributed by atoms with Crippen molar-refractivity contribution in [3.8, 4) is 16.8 Å². The van der Waals surface area contributed by atoms with Crippen LogP contribution < -0.4 is 25.5 Å². The molecule has 4 nitrogen and oxygen atoms in total. The lowest BCUT2D eigenvalue weighted by Crippen LogP contribution is -2.61. The van der Waals surface area contributed by atoms with Gasteiger partial charge in [0.05, 0.1) is 33.8 Å². The maximum absolute atomic E-state index is 6.47. The summed E-state index contributed by atoms with van der Waals surface area (Å²) in [7, 11) is 0. The number of hydrogen-bond acceptors (Lipinski definition) is 4. The van der Waals surface area contributed by atoms with Crippen molar-refractivity contribution in [3.63, 3.8) is 0 Å². The number of aryl methyl sites for hydroxylation is 1. The van der Waals surface area contributed by atoms with E-state index in [1.165, 1.54) is 115 Å². The van der Waals surface area contributed by atoms with Gasteiger partial charge >= 0.3 is 0 Å². The van der Waals surface area contributed by atoms with E-state index in [2.05, 4.69) is 229 Å². The number of hydrogen-bond donors (Lipinski definition) is 0. The van der Waals surface area contributed by atoms with Gasteiger partial charge in [-0.1, -0.05) is 129 Å². The van der Waals surface area contributed by atoms with Crippen molar-refractivity contribution in [2.45, 2.75) is 85.5 Å². The second-order valence-corrected chi connectivity index (χ2v) is 24.2. The summed E-state index contributed by atoms with van der Waals surface area (Å²) in [6.07, 6.45) is 0. The number of thiophene rings is 1. The molecule has 0 spiro atoms. The molecular formula is C63H54BN3OS. The minimum Gasteiger partial charge on any atom is -0.456 e. The molecule has 336 valence electrons. The van der Waals surface area contributed by atoms with Crippen LogP contribution in [0.2, 0.25) is 0 Å². The number of benzene rings is 8. The third kappa shape index (κ3) is 5.70. The van der Waals surface area contributed by atoms with Crippen LogP contribution in [0.3, 0.4) is 0 Å². The Bertz CT molecular complexity index is 4050. The third-order valence-corrected chi connectivity index (χ3v) is 16.8. The zero-order valence-electron chi connectivity index (χ0n) is 41.1. The normalized spacial score (nSPS) is 14.1. The molecule has 0 amide bonds. The van der Waals surface area contributed by atoms with Gasteiger partial charge in [-0.2, -0.15) is 0 Å². The summed E-state index contributed by atoms with van der Waals surface area (Å²) in [4.78, 5) is 5.31. The van der Waals surface area contributed by atoms with E-state index in [0.29, 0.717) is 0 Å². The lowest BCUT2D eigenvalue weighted by atomic mass is 9.35. The van der Waals surface area contributed by atoms with Crippen molar-refractivity contribution in [2.24, 2.45) is 0 Å². The lowest BCUT2D eigenvalue weighted by molar-refractivity contribution is 0.590. The molecule has 14 rings (SSSR count). The summed E-state index contributed by atoms with van der Waals surface area (Å²) in [5.41, 5.74) is 23.3. The largest absolute Gasteiger partial charge is 0.456 e. The fraction of sp³-hybridized carbons (Fsp3) is 0.206. The minimum absolute atomic E-state index is 0.00691. The van der Waals surface area contributed by atoms with Gasteiger partial charge in [-0.05, 0) is 146 Å². The van der Waals surface area contributed by atoms with E-state index in [0.717, 1.165) is 27.6 Å². The van der Waals surface area contributed by atoms with Crippen LogP contribution in [-0.4, -0.2) is 11.3 Å². The Hall–Kier alpha value is -7.02. The Kier molecular flexibility index (Phi) is 8.09. The van der Waals surface area contributed by atoms with Gasteiger partial charge in [0.1, 0.15) is 11.2 Å². The first-order valence-electron chi connectivity index (χ1n) is 24.6. The molecule has 0 fully saturated rings. The molecule has 8 aromatic carbocycles. The van der Waals surface area contributed by atoms with Crippen molar-refractivity contribution in [2.75, 3.05) is 9.80 Å². The first-order valence-corrected chi connectivity index (χ1v) is 25.4. The van der Waals surface area contributed by atoms with Gasteiger partial charge in [-0.25, -0.2) is 0 Å². The predicted molar refractivity (Wildman–Crippen MR) is 297 cm³/mol. The number of furan rings is 1. The van der Waals surface area contributed by atoms with Crippen LogP contribution in [0, 0.1) is 6.92 Å². The molecule has 3 aliphatic heterocycles. The highest BCUT2D eigenvalue weighted by Gasteiger charge is 2.48. The Labute approximate surface area is 408 Å². The van der Waals surface area contributed by atoms with Gasteiger partial charge < -0.3 is 18.8 Å². The van der Waals surface area contributed by atoms with Gasteiger partial charge in [0.2, 0.25) is 0 Å². The van der Waals surface area contributed by atoms with Crippen molar-refractivity contribution in [1.82, 2.24) is 4.57 Å². The molecule has 0 aliphatic carbocycles. The maximum Gasteiger partial charge on any atom is 0.264 e. The number of aromatic nitrogens is 1. The van der Waals surface area contributed by atoms with Crippen LogP contribution in [0.5, 0.6) is 0 Å². The van der Waals surface area contributed by atoms with Crippen LogP contribution in [0.15, 0.2) is 150 Å². The highest BCUT2D eigenvalue weighted by Crippen LogP contribution is 2.56. The molecule has 6 heteroatoms. The average molecular weight is 912 g/mol. The van der Waals surface area contributed by atoms with E-state index < -0.39 is 0 Å². The Morgan fingerprint density at radius 2 is 1.16 bits per heavy atom. The molecule has 6 heterocycles. The maximum atomic E-state index is 6.47. The summed E-state index contributed by atoms with van der Waals surface area (Å²) in [6, 6.07) is 55.7. The molecule has 0 radical (unpaired) electrons. The predicted octanol–water partition coefficient (Wildman–Crippen LogP) is 16.2. The summed E-state index contributed by atoms with van der Waals surface area (Å²) >= 11 is 1.97. The summed E-state index contributed by atoms with van der Waals surface area (Å²) in [5.74, 6) is 0. The highest BCUT2D eigenvalue weighted by atomic mass is 32.1. The van der Waals surface area contributed by atoms with Crippen LogP contribution in [-0.2, 0) is 16.2 Å². The molecular weight excluding hydrogens is 858 g/mol.